The summed E-state index contributed by atoms with van der Waals surface area (Å²) in [6.07, 6.45) is 0.605. The van der Waals surface area contributed by atoms with E-state index >= 15 is 0 Å². The predicted molar refractivity (Wildman–Crippen MR) is 52.7 cm³/mol. The Bertz CT molecular complexity index is 161. The van der Waals surface area contributed by atoms with Crippen LogP contribution >= 0.6 is 0 Å². The number of carbonyl (C=O) groups is 1. The molecule has 1 N–H and O–H groups in total. The van der Waals surface area contributed by atoms with Crippen LogP contribution in [0.2, 0.25) is 0 Å². The first-order valence-corrected chi connectivity index (χ1v) is 4.89. The van der Waals surface area contributed by atoms with Crippen molar-refractivity contribution in [1.82, 2.24) is 10.2 Å². The van der Waals surface area contributed by atoms with Gasteiger partial charge in [-0.05, 0) is 6.92 Å². The molecule has 0 saturated carbocycles. The highest BCUT2D eigenvalue weighted by Crippen LogP contribution is 1.97. The highest BCUT2D eigenvalue weighted by atomic mass is 16.5. The minimum atomic E-state index is 0. The number of nitrogens with zero attached hydrogens (tertiary/aromatic N) is 1. The molecule has 0 unspecified atom stereocenters. The zero-order valence-electron chi connectivity index (χ0n) is 8.21. The number of ether oxygens (including phenoxy) is 1. The van der Waals surface area contributed by atoms with E-state index in [0.29, 0.717) is 6.42 Å². The monoisotopic (exact) mass is 188 g/mol. The molecule has 1 heterocycles. The van der Waals surface area contributed by atoms with Gasteiger partial charge >= 0.3 is 0 Å². The molecule has 1 rings (SSSR count). The fourth-order valence-corrected chi connectivity index (χ4v) is 1.37. The zero-order valence-corrected chi connectivity index (χ0v) is 8.21. The Morgan fingerprint density at radius 1 is 1.54 bits per heavy atom. The molecule has 1 amide bonds. The number of hydrogen-bond donors (Lipinski definition) is 1. The Labute approximate surface area is 80.7 Å². The number of rotatable bonds is 4. The summed E-state index contributed by atoms with van der Waals surface area (Å²) in [4.78, 5) is 13.4. The van der Waals surface area contributed by atoms with Crippen molar-refractivity contribution in [2.75, 3.05) is 39.4 Å². The fraction of sp³-hybridized carbons (Fsp3) is 0.889. The van der Waals surface area contributed by atoms with Crippen molar-refractivity contribution in [2.45, 2.75) is 13.3 Å². The molecule has 0 spiro atoms. The lowest BCUT2D eigenvalue weighted by atomic mass is 10.3. The first kappa shape index (κ1) is 10.5. The van der Waals surface area contributed by atoms with Gasteiger partial charge in [0.15, 0.2) is 0 Å². The molecule has 1 fully saturated rings. The second kappa shape index (κ2) is 5.94. The summed E-state index contributed by atoms with van der Waals surface area (Å²) < 4.78 is 5.21. The Morgan fingerprint density at radius 2 is 2.23 bits per heavy atom. The van der Waals surface area contributed by atoms with Gasteiger partial charge in [0.2, 0.25) is 5.91 Å². The van der Waals surface area contributed by atoms with E-state index in [-0.39, 0.29) is 7.33 Å². The van der Waals surface area contributed by atoms with Crippen molar-refractivity contribution < 1.29 is 11.0 Å². The molecule has 4 nitrogen and oxygen atoms in total. The van der Waals surface area contributed by atoms with E-state index < -0.39 is 0 Å². The lowest BCUT2D eigenvalue weighted by Crippen LogP contribution is -2.38. The number of morpholine rings is 1. The van der Waals surface area contributed by atoms with Gasteiger partial charge in [-0.25, -0.2) is 0 Å². The molecule has 1 aliphatic heterocycles. The first-order chi connectivity index (χ1) is 6.33. The van der Waals surface area contributed by atoms with Gasteiger partial charge in [-0.15, -0.1) is 0 Å². The maximum Gasteiger partial charge on any atom is 0.221 e. The molecule has 0 aromatic carbocycles. The smallest absolute Gasteiger partial charge is 0.221 e. The van der Waals surface area contributed by atoms with E-state index in [0.717, 1.165) is 39.4 Å². The van der Waals surface area contributed by atoms with Gasteiger partial charge in [0.25, 0.3) is 0 Å². The lowest BCUT2D eigenvalue weighted by molar-refractivity contribution is -0.121. The van der Waals surface area contributed by atoms with E-state index in [9.17, 15) is 4.79 Å². The Balaban J connectivity index is 0.00000169. The SMILES string of the molecule is CCNC(=O)CCN1CCOCC1.[HH]. The van der Waals surface area contributed by atoms with E-state index in [1.54, 1.807) is 0 Å². The van der Waals surface area contributed by atoms with Gasteiger partial charge in [0.1, 0.15) is 0 Å². The third-order valence-corrected chi connectivity index (χ3v) is 2.13. The Morgan fingerprint density at radius 3 is 2.85 bits per heavy atom. The van der Waals surface area contributed by atoms with E-state index in [1.807, 2.05) is 6.92 Å². The van der Waals surface area contributed by atoms with Crippen LogP contribution in [0.5, 0.6) is 0 Å². The zero-order chi connectivity index (χ0) is 9.52. The quantitative estimate of drug-likeness (QED) is 0.680. The third kappa shape index (κ3) is 4.24. The van der Waals surface area contributed by atoms with Crippen LogP contribution in [0.4, 0.5) is 0 Å². The molecule has 13 heavy (non-hydrogen) atoms. The van der Waals surface area contributed by atoms with E-state index in [1.165, 1.54) is 0 Å². The van der Waals surface area contributed by atoms with Gasteiger partial charge in [-0.1, -0.05) is 0 Å². The van der Waals surface area contributed by atoms with E-state index in [4.69, 9.17) is 4.74 Å². The standard InChI is InChI=1S/C9H18N2O2.H2/c1-2-10-9(12)3-4-11-5-7-13-8-6-11;/h2-8H2,1H3,(H,10,12);1H. The van der Waals surface area contributed by atoms with Gasteiger partial charge in [-0.3, -0.25) is 9.69 Å². The summed E-state index contributed by atoms with van der Waals surface area (Å²) >= 11 is 0. The number of carbonyl (C=O) groups excluding carboxylic acids is 1. The second-order valence-electron chi connectivity index (χ2n) is 3.16. The highest BCUT2D eigenvalue weighted by molar-refractivity contribution is 5.75. The second-order valence-corrected chi connectivity index (χ2v) is 3.16. The van der Waals surface area contributed by atoms with Crippen LogP contribution in [0.15, 0.2) is 0 Å². The van der Waals surface area contributed by atoms with Gasteiger partial charge < -0.3 is 10.1 Å². The van der Waals surface area contributed by atoms with Crippen LogP contribution < -0.4 is 5.32 Å². The molecule has 0 aromatic heterocycles. The fourth-order valence-electron chi connectivity index (χ4n) is 1.37. The van der Waals surface area contributed by atoms with Crippen molar-refractivity contribution in [3.63, 3.8) is 0 Å². The maximum absolute atomic E-state index is 11.1. The van der Waals surface area contributed by atoms with Crippen molar-refractivity contribution in [3.8, 4) is 0 Å². The van der Waals surface area contributed by atoms with Crippen molar-refractivity contribution in [1.29, 1.82) is 0 Å². The Kier molecular flexibility index (Phi) is 4.78. The van der Waals surface area contributed by atoms with Crippen molar-refractivity contribution in [3.05, 3.63) is 0 Å². The third-order valence-electron chi connectivity index (χ3n) is 2.13. The summed E-state index contributed by atoms with van der Waals surface area (Å²) in [5, 5.41) is 2.79. The maximum atomic E-state index is 11.1. The van der Waals surface area contributed by atoms with Crippen molar-refractivity contribution in [2.24, 2.45) is 0 Å². The normalized spacial score (nSPS) is 18.5. The molecule has 78 valence electrons. The highest BCUT2D eigenvalue weighted by Gasteiger charge is 2.10. The Hall–Kier alpha value is -0.610. The topological polar surface area (TPSA) is 41.6 Å². The molecule has 0 bridgehead atoms. The molecule has 0 radical (unpaired) electrons. The van der Waals surface area contributed by atoms with Crippen LogP contribution in [0.1, 0.15) is 14.8 Å². The number of nitrogens with one attached hydrogen (secondary N) is 1. The van der Waals surface area contributed by atoms with Crippen LogP contribution in [0.3, 0.4) is 0 Å². The molecule has 4 heteroatoms. The van der Waals surface area contributed by atoms with Crippen LogP contribution in [0.25, 0.3) is 0 Å². The molecular formula is C9H20N2O2. The molecule has 1 aliphatic rings. The summed E-state index contributed by atoms with van der Waals surface area (Å²) in [6, 6.07) is 0. The predicted octanol–water partition coefficient (Wildman–Crippen LogP) is 0.0908. The van der Waals surface area contributed by atoms with Crippen molar-refractivity contribution >= 4 is 5.91 Å². The van der Waals surface area contributed by atoms with Crippen LogP contribution in [0, 0.1) is 0 Å². The minimum absolute atomic E-state index is 0. The number of amides is 1. The first-order valence-electron chi connectivity index (χ1n) is 4.89. The summed E-state index contributed by atoms with van der Waals surface area (Å²) in [7, 11) is 0. The number of hydrogen-bond acceptors (Lipinski definition) is 3. The van der Waals surface area contributed by atoms with E-state index in [2.05, 4.69) is 10.2 Å². The molecule has 0 atom stereocenters. The van der Waals surface area contributed by atoms with Gasteiger partial charge in [0, 0.05) is 34.0 Å². The van der Waals surface area contributed by atoms with Crippen LogP contribution in [-0.4, -0.2) is 50.2 Å². The average molecular weight is 188 g/mol. The molecule has 0 aliphatic carbocycles. The molecule has 1 saturated heterocycles. The molecular weight excluding hydrogens is 168 g/mol. The average Bonchev–Trinajstić information content (AvgIpc) is 2.17. The van der Waals surface area contributed by atoms with Gasteiger partial charge in [0.05, 0.1) is 13.2 Å². The summed E-state index contributed by atoms with van der Waals surface area (Å²) in [6.45, 7) is 7.04. The largest absolute Gasteiger partial charge is 0.379 e. The lowest BCUT2D eigenvalue weighted by Gasteiger charge is -2.26. The summed E-state index contributed by atoms with van der Waals surface area (Å²) in [5.41, 5.74) is 0. The minimum Gasteiger partial charge on any atom is -0.379 e. The van der Waals surface area contributed by atoms with Crippen LogP contribution in [-0.2, 0) is 9.53 Å². The van der Waals surface area contributed by atoms with Gasteiger partial charge in [-0.2, -0.15) is 0 Å². The molecule has 0 aromatic rings. The summed E-state index contributed by atoms with van der Waals surface area (Å²) in [5.74, 6) is 0.147.